The third kappa shape index (κ3) is 3.84. The number of hydrogen-bond acceptors (Lipinski definition) is 3. The molecule has 18 heavy (non-hydrogen) atoms. The Morgan fingerprint density at radius 1 is 1.44 bits per heavy atom. The lowest BCUT2D eigenvalue weighted by molar-refractivity contribution is -0.116. The number of carbonyl (C=O) groups excluding carboxylic acids is 1. The van der Waals surface area contributed by atoms with E-state index in [9.17, 15) is 13.6 Å². The standard InChI is InChI=1S/C12H13ClF2O3/c1-3-17-8-4-5-9(11(13)7(2)16)10(6-8)18-12(14)15/h4-6,11-12H,3H2,1-2H3. The number of rotatable bonds is 6. The Morgan fingerprint density at radius 2 is 2.11 bits per heavy atom. The van der Waals surface area contributed by atoms with Crippen molar-refractivity contribution in [3.05, 3.63) is 23.8 Å². The van der Waals surface area contributed by atoms with Crippen LogP contribution in [0.5, 0.6) is 11.5 Å². The summed E-state index contributed by atoms with van der Waals surface area (Å²) >= 11 is 5.84. The summed E-state index contributed by atoms with van der Waals surface area (Å²) in [6.07, 6.45) is 0. The highest BCUT2D eigenvalue weighted by atomic mass is 35.5. The van der Waals surface area contributed by atoms with Crippen molar-refractivity contribution in [1.29, 1.82) is 0 Å². The molecule has 0 fully saturated rings. The van der Waals surface area contributed by atoms with Gasteiger partial charge in [-0.1, -0.05) is 0 Å². The fraction of sp³-hybridized carbons (Fsp3) is 0.417. The van der Waals surface area contributed by atoms with Crippen molar-refractivity contribution in [1.82, 2.24) is 0 Å². The highest BCUT2D eigenvalue weighted by Gasteiger charge is 2.20. The van der Waals surface area contributed by atoms with Crippen LogP contribution in [0, 0.1) is 0 Å². The predicted molar refractivity (Wildman–Crippen MR) is 63.5 cm³/mol. The molecule has 0 radical (unpaired) electrons. The van der Waals surface area contributed by atoms with Gasteiger partial charge in [0, 0.05) is 11.6 Å². The second kappa shape index (κ2) is 6.54. The monoisotopic (exact) mass is 278 g/mol. The summed E-state index contributed by atoms with van der Waals surface area (Å²) in [5, 5.41) is -1.02. The molecule has 1 atom stereocenters. The highest BCUT2D eigenvalue weighted by Crippen LogP contribution is 2.34. The minimum atomic E-state index is -2.99. The molecule has 0 aliphatic rings. The van der Waals surface area contributed by atoms with Gasteiger partial charge >= 0.3 is 6.61 Å². The van der Waals surface area contributed by atoms with Crippen molar-refractivity contribution in [2.75, 3.05) is 6.61 Å². The first-order chi connectivity index (χ1) is 8.45. The van der Waals surface area contributed by atoms with Crippen LogP contribution in [0.2, 0.25) is 0 Å². The Labute approximate surface area is 109 Å². The lowest BCUT2D eigenvalue weighted by Gasteiger charge is -2.14. The Kier molecular flexibility index (Phi) is 5.34. The first-order valence-corrected chi connectivity index (χ1v) is 5.75. The van der Waals surface area contributed by atoms with E-state index in [1.54, 1.807) is 13.0 Å². The number of carbonyl (C=O) groups is 1. The quantitative estimate of drug-likeness (QED) is 0.747. The molecule has 0 saturated heterocycles. The molecule has 0 N–H and O–H groups in total. The zero-order valence-corrected chi connectivity index (χ0v) is 10.7. The summed E-state index contributed by atoms with van der Waals surface area (Å²) in [4.78, 5) is 11.2. The van der Waals surface area contributed by atoms with Gasteiger partial charge in [-0.25, -0.2) is 0 Å². The van der Waals surface area contributed by atoms with Gasteiger partial charge in [0.05, 0.1) is 6.61 Å². The summed E-state index contributed by atoms with van der Waals surface area (Å²) < 4.78 is 34.1. The minimum absolute atomic E-state index is 0.147. The number of alkyl halides is 3. The maximum absolute atomic E-state index is 12.3. The zero-order chi connectivity index (χ0) is 13.7. The van der Waals surface area contributed by atoms with Crippen molar-refractivity contribution in [2.24, 2.45) is 0 Å². The van der Waals surface area contributed by atoms with Gasteiger partial charge in [0.15, 0.2) is 5.78 Å². The molecule has 0 aliphatic carbocycles. The lowest BCUT2D eigenvalue weighted by Crippen LogP contribution is -2.09. The second-order valence-electron chi connectivity index (χ2n) is 3.48. The summed E-state index contributed by atoms with van der Waals surface area (Å²) in [7, 11) is 0. The van der Waals surface area contributed by atoms with Crippen molar-refractivity contribution in [3.8, 4) is 11.5 Å². The Balaban J connectivity index is 3.11. The fourth-order valence-corrected chi connectivity index (χ4v) is 1.58. The molecular weight excluding hydrogens is 266 g/mol. The molecule has 0 aliphatic heterocycles. The van der Waals surface area contributed by atoms with Gasteiger partial charge < -0.3 is 9.47 Å². The number of hydrogen-bond donors (Lipinski definition) is 0. The minimum Gasteiger partial charge on any atom is -0.494 e. The van der Waals surface area contributed by atoms with Crippen molar-refractivity contribution >= 4 is 17.4 Å². The molecule has 1 aromatic carbocycles. The van der Waals surface area contributed by atoms with E-state index in [0.717, 1.165) is 0 Å². The molecule has 6 heteroatoms. The van der Waals surface area contributed by atoms with Crippen LogP contribution in [0.25, 0.3) is 0 Å². The van der Waals surface area contributed by atoms with Crippen LogP contribution in [0.1, 0.15) is 24.8 Å². The third-order valence-electron chi connectivity index (χ3n) is 2.14. The number of ketones is 1. The smallest absolute Gasteiger partial charge is 0.387 e. The average molecular weight is 279 g/mol. The van der Waals surface area contributed by atoms with Gasteiger partial charge in [-0.05, 0) is 26.0 Å². The lowest BCUT2D eigenvalue weighted by atomic mass is 10.1. The van der Waals surface area contributed by atoms with Gasteiger partial charge in [-0.3, -0.25) is 4.79 Å². The first kappa shape index (κ1) is 14.7. The molecule has 0 bridgehead atoms. The van der Waals surface area contributed by atoms with Crippen LogP contribution < -0.4 is 9.47 Å². The third-order valence-corrected chi connectivity index (χ3v) is 2.68. The Hall–Kier alpha value is -1.36. The second-order valence-corrected chi connectivity index (χ2v) is 3.92. The van der Waals surface area contributed by atoms with E-state index in [4.69, 9.17) is 16.3 Å². The van der Waals surface area contributed by atoms with Crippen LogP contribution in [0.15, 0.2) is 18.2 Å². The van der Waals surface area contributed by atoms with Crippen LogP contribution >= 0.6 is 11.6 Å². The van der Waals surface area contributed by atoms with Crippen LogP contribution in [-0.4, -0.2) is 19.0 Å². The van der Waals surface area contributed by atoms with E-state index < -0.39 is 12.0 Å². The predicted octanol–water partition coefficient (Wildman–Crippen LogP) is 3.56. The van der Waals surface area contributed by atoms with E-state index in [0.29, 0.717) is 12.4 Å². The van der Waals surface area contributed by atoms with Gasteiger partial charge in [0.1, 0.15) is 16.9 Å². The largest absolute Gasteiger partial charge is 0.494 e. The fourth-order valence-electron chi connectivity index (χ4n) is 1.40. The Morgan fingerprint density at radius 3 is 2.61 bits per heavy atom. The number of halogens is 3. The molecule has 0 spiro atoms. The van der Waals surface area contributed by atoms with Crippen molar-refractivity contribution in [3.63, 3.8) is 0 Å². The van der Waals surface area contributed by atoms with E-state index >= 15 is 0 Å². The van der Waals surface area contributed by atoms with Crippen LogP contribution in [0.4, 0.5) is 8.78 Å². The molecule has 3 nitrogen and oxygen atoms in total. The van der Waals surface area contributed by atoms with E-state index in [-0.39, 0.29) is 17.1 Å². The number of benzene rings is 1. The number of Topliss-reactive ketones (excluding diaryl/α,β-unsaturated/α-hetero) is 1. The summed E-state index contributed by atoms with van der Waals surface area (Å²) in [6, 6.07) is 4.29. The normalized spacial score (nSPS) is 12.3. The van der Waals surface area contributed by atoms with Gasteiger partial charge in [0.25, 0.3) is 0 Å². The van der Waals surface area contributed by atoms with Gasteiger partial charge in [0.2, 0.25) is 0 Å². The molecule has 0 aromatic heterocycles. The van der Waals surface area contributed by atoms with Gasteiger partial charge in [-0.2, -0.15) is 8.78 Å². The molecule has 0 heterocycles. The molecule has 1 unspecified atom stereocenters. The van der Waals surface area contributed by atoms with Crippen LogP contribution in [-0.2, 0) is 4.79 Å². The zero-order valence-electron chi connectivity index (χ0n) is 9.95. The molecule has 100 valence electrons. The molecule has 0 amide bonds. The maximum Gasteiger partial charge on any atom is 0.387 e. The molecule has 0 saturated carbocycles. The number of ether oxygens (including phenoxy) is 2. The van der Waals surface area contributed by atoms with E-state index in [1.807, 2.05) is 0 Å². The van der Waals surface area contributed by atoms with E-state index in [2.05, 4.69) is 4.74 Å². The topological polar surface area (TPSA) is 35.5 Å². The summed E-state index contributed by atoms with van der Waals surface area (Å²) in [6.45, 7) is 0.447. The van der Waals surface area contributed by atoms with Crippen molar-refractivity contribution < 1.29 is 23.0 Å². The van der Waals surface area contributed by atoms with E-state index in [1.165, 1.54) is 19.1 Å². The molecule has 1 rings (SSSR count). The average Bonchev–Trinajstić information content (AvgIpc) is 2.28. The molecular formula is C12H13ClF2O3. The van der Waals surface area contributed by atoms with Gasteiger partial charge in [-0.15, -0.1) is 11.6 Å². The first-order valence-electron chi connectivity index (χ1n) is 5.31. The van der Waals surface area contributed by atoms with Crippen LogP contribution in [0.3, 0.4) is 0 Å². The summed E-state index contributed by atoms with van der Waals surface area (Å²) in [5.41, 5.74) is 0.202. The molecule has 1 aromatic rings. The SMILES string of the molecule is CCOc1ccc(C(Cl)C(C)=O)c(OC(F)F)c1. The Bertz CT molecular complexity index is 424. The van der Waals surface area contributed by atoms with Crippen molar-refractivity contribution in [2.45, 2.75) is 25.8 Å². The maximum atomic E-state index is 12.3. The highest BCUT2D eigenvalue weighted by molar-refractivity contribution is 6.31. The summed E-state index contributed by atoms with van der Waals surface area (Å²) in [5.74, 6) is -0.115.